The van der Waals surface area contributed by atoms with Gasteiger partial charge in [0, 0.05) is 6.42 Å². The summed E-state index contributed by atoms with van der Waals surface area (Å²) in [4.78, 5) is 13.1. The van der Waals surface area contributed by atoms with Crippen molar-refractivity contribution in [2.75, 3.05) is 19.8 Å². The minimum atomic E-state index is -1.78. The summed E-state index contributed by atoms with van der Waals surface area (Å²) in [7, 11) is 0. The highest BCUT2D eigenvalue weighted by Crippen LogP contribution is 2.30. The number of amides is 1. The molecule has 0 aliphatic carbocycles. The zero-order valence-corrected chi connectivity index (χ0v) is 36.8. The van der Waals surface area contributed by atoms with Crippen LogP contribution in [0, 0.1) is 0 Å². The van der Waals surface area contributed by atoms with Crippen LogP contribution in [0.25, 0.3) is 0 Å². The average Bonchev–Trinajstić information content (AvgIpc) is 3.23. The fourth-order valence-corrected chi connectivity index (χ4v) is 8.12. The molecular weight excluding hydrogens is 762 g/mol. The first kappa shape index (κ1) is 54.1. The average molecular weight is 850 g/mol. The van der Waals surface area contributed by atoms with Crippen LogP contribution < -0.4 is 5.32 Å². The van der Waals surface area contributed by atoms with Gasteiger partial charge in [-0.2, -0.15) is 0 Å². The van der Waals surface area contributed by atoms with E-state index in [9.17, 15) is 45.6 Å². The molecule has 2 saturated heterocycles. The number of hydrogen-bond donors (Lipinski definition) is 9. The van der Waals surface area contributed by atoms with Gasteiger partial charge < -0.3 is 65.1 Å². The topological polar surface area (TPSA) is 228 Å². The SMILES string of the molecule is CCCCCCCCCCCCCCCC[C@@H](O)[C@H](CO[C@@H]1O[C@H](CO)[C@@H](O[C@@H]2O[C@H](CO)[C@H](O)C(O)C2O)C(O)C1O)NC(=O)CCCCCCCCCCCCC. The molecule has 12 atom stereocenters. The van der Waals surface area contributed by atoms with Gasteiger partial charge in [0.2, 0.25) is 5.91 Å². The van der Waals surface area contributed by atoms with Crippen LogP contribution >= 0.6 is 0 Å². The Morgan fingerprint density at radius 3 is 1.44 bits per heavy atom. The third-order valence-electron chi connectivity index (χ3n) is 12.1. The molecule has 9 N–H and O–H groups in total. The number of hydrogen-bond acceptors (Lipinski definition) is 13. The molecule has 2 aliphatic heterocycles. The lowest BCUT2D eigenvalue weighted by molar-refractivity contribution is -0.359. The molecule has 14 heteroatoms. The van der Waals surface area contributed by atoms with E-state index >= 15 is 0 Å². The van der Waals surface area contributed by atoms with Crippen molar-refractivity contribution in [1.29, 1.82) is 0 Å². The smallest absolute Gasteiger partial charge is 0.220 e. The fraction of sp³-hybridized carbons (Fsp3) is 0.978. The van der Waals surface area contributed by atoms with Crippen molar-refractivity contribution in [3.05, 3.63) is 0 Å². The Bertz CT molecular complexity index is 1010. The van der Waals surface area contributed by atoms with E-state index < -0.39 is 86.8 Å². The molecule has 59 heavy (non-hydrogen) atoms. The number of rotatable bonds is 36. The molecule has 350 valence electrons. The number of unbranched alkanes of at least 4 members (excludes halogenated alkanes) is 23. The van der Waals surface area contributed by atoms with Gasteiger partial charge in [-0.05, 0) is 12.8 Å². The van der Waals surface area contributed by atoms with Crippen LogP contribution in [0.3, 0.4) is 0 Å². The van der Waals surface area contributed by atoms with Crippen LogP contribution in [-0.2, 0) is 23.7 Å². The lowest BCUT2D eigenvalue weighted by Gasteiger charge is -2.46. The van der Waals surface area contributed by atoms with Crippen molar-refractivity contribution >= 4 is 5.91 Å². The van der Waals surface area contributed by atoms with E-state index in [1.807, 2.05) is 0 Å². The maximum absolute atomic E-state index is 13.1. The summed E-state index contributed by atoms with van der Waals surface area (Å²) in [5, 5.41) is 86.6. The summed E-state index contributed by atoms with van der Waals surface area (Å²) in [6.45, 7) is 2.83. The molecule has 0 aromatic rings. The molecule has 2 aliphatic rings. The standard InChI is InChI=1S/C45H87NO13/c1-3-5-7-9-11-13-15-16-17-19-20-22-24-26-28-34(49)33(46-37(50)29-27-25-23-21-18-14-12-10-8-6-4-2)32-56-44-42(55)40(53)43(36(31-48)58-44)59-45-41(54)39(52)38(51)35(30-47)57-45/h33-36,38-45,47-49,51-55H,3-32H2,1-2H3,(H,46,50)/t33-,34+,35+,36+,38-,39?,40?,41?,42?,43+,44+,45-/m0/s1. The molecule has 1 amide bonds. The van der Waals surface area contributed by atoms with Crippen molar-refractivity contribution < 1.29 is 64.6 Å². The van der Waals surface area contributed by atoms with Crippen molar-refractivity contribution in [1.82, 2.24) is 5.32 Å². The van der Waals surface area contributed by atoms with Gasteiger partial charge in [-0.3, -0.25) is 4.79 Å². The highest BCUT2D eigenvalue weighted by Gasteiger charge is 2.51. The van der Waals surface area contributed by atoms with Crippen molar-refractivity contribution in [3.63, 3.8) is 0 Å². The predicted molar refractivity (Wildman–Crippen MR) is 226 cm³/mol. The first-order chi connectivity index (χ1) is 28.6. The predicted octanol–water partition coefficient (Wildman–Crippen LogP) is 5.05. The molecule has 0 radical (unpaired) electrons. The number of nitrogens with one attached hydrogen (secondary N) is 1. The molecule has 0 aromatic heterocycles. The highest BCUT2D eigenvalue weighted by atomic mass is 16.7. The van der Waals surface area contributed by atoms with E-state index in [2.05, 4.69) is 19.2 Å². The van der Waals surface area contributed by atoms with E-state index in [1.54, 1.807) is 0 Å². The van der Waals surface area contributed by atoms with Gasteiger partial charge in [0.25, 0.3) is 0 Å². The molecule has 2 fully saturated rings. The van der Waals surface area contributed by atoms with Gasteiger partial charge in [-0.1, -0.05) is 168 Å². The van der Waals surface area contributed by atoms with Crippen LogP contribution in [0.2, 0.25) is 0 Å². The Kier molecular flexibility index (Phi) is 30.8. The van der Waals surface area contributed by atoms with Crippen molar-refractivity contribution in [2.24, 2.45) is 0 Å². The summed E-state index contributed by atoms with van der Waals surface area (Å²) in [5.41, 5.74) is 0. The van der Waals surface area contributed by atoms with Crippen LogP contribution in [0.4, 0.5) is 0 Å². The van der Waals surface area contributed by atoms with Gasteiger partial charge in [0.05, 0.1) is 32.0 Å². The Morgan fingerprint density at radius 2 is 0.966 bits per heavy atom. The Labute approximate surface area is 355 Å². The van der Waals surface area contributed by atoms with Crippen LogP contribution in [0.15, 0.2) is 0 Å². The number of carbonyl (C=O) groups is 1. The van der Waals surface area contributed by atoms with E-state index in [0.717, 1.165) is 51.4 Å². The molecule has 2 rings (SSSR count). The second-order valence-electron chi connectivity index (χ2n) is 17.2. The quantitative estimate of drug-likeness (QED) is 0.0377. The molecular formula is C45H87NO13. The third-order valence-corrected chi connectivity index (χ3v) is 12.1. The van der Waals surface area contributed by atoms with E-state index in [4.69, 9.17) is 18.9 Å². The Morgan fingerprint density at radius 1 is 0.542 bits per heavy atom. The third kappa shape index (κ3) is 21.8. The maximum Gasteiger partial charge on any atom is 0.220 e. The molecule has 4 unspecified atom stereocenters. The summed E-state index contributed by atoms with van der Waals surface area (Å²) in [5.74, 6) is -0.207. The summed E-state index contributed by atoms with van der Waals surface area (Å²) >= 11 is 0. The second-order valence-corrected chi connectivity index (χ2v) is 17.2. The first-order valence-electron chi connectivity index (χ1n) is 23.8. The first-order valence-corrected chi connectivity index (χ1v) is 23.8. The van der Waals surface area contributed by atoms with Crippen LogP contribution in [0.5, 0.6) is 0 Å². The largest absolute Gasteiger partial charge is 0.394 e. The number of carbonyl (C=O) groups excluding carboxylic acids is 1. The second kappa shape index (κ2) is 33.5. The zero-order valence-electron chi connectivity index (χ0n) is 36.8. The van der Waals surface area contributed by atoms with Crippen molar-refractivity contribution in [3.8, 4) is 0 Å². The minimum absolute atomic E-state index is 0.207. The lowest BCUT2D eigenvalue weighted by Crippen LogP contribution is -2.65. The van der Waals surface area contributed by atoms with Crippen molar-refractivity contribution in [2.45, 2.75) is 261 Å². The number of ether oxygens (including phenoxy) is 4. The Balaban J connectivity index is 1.87. The molecule has 0 spiro atoms. The monoisotopic (exact) mass is 850 g/mol. The van der Waals surface area contributed by atoms with Gasteiger partial charge in [-0.15, -0.1) is 0 Å². The summed E-state index contributed by atoms with van der Waals surface area (Å²) < 4.78 is 22.7. The van der Waals surface area contributed by atoms with E-state index in [-0.39, 0.29) is 12.5 Å². The number of aliphatic hydroxyl groups is 8. The fourth-order valence-electron chi connectivity index (χ4n) is 8.12. The zero-order chi connectivity index (χ0) is 43.3. The van der Waals surface area contributed by atoms with Crippen LogP contribution in [-0.4, -0.2) is 140 Å². The lowest BCUT2D eigenvalue weighted by atomic mass is 9.97. The molecule has 14 nitrogen and oxygen atoms in total. The van der Waals surface area contributed by atoms with Gasteiger partial charge in [-0.25, -0.2) is 0 Å². The maximum atomic E-state index is 13.1. The van der Waals surface area contributed by atoms with Gasteiger partial charge >= 0.3 is 0 Å². The van der Waals surface area contributed by atoms with E-state index in [0.29, 0.717) is 12.8 Å². The Hall–Kier alpha value is -1.01. The highest BCUT2D eigenvalue weighted by molar-refractivity contribution is 5.76. The van der Waals surface area contributed by atoms with E-state index in [1.165, 1.54) is 109 Å². The molecule has 0 aromatic carbocycles. The molecule has 0 bridgehead atoms. The molecule has 2 heterocycles. The van der Waals surface area contributed by atoms with Gasteiger partial charge in [0.1, 0.15) is 48.8 Å². The van der Waals surface area contributed by atoms with Gasteiger partial charge in [0.15, 0.2) is 12.6 Å². The minimum Gasteiger partial charge on any atom is -0.394 e. The molecule has 0 saturated carbocycles. The summed E-state index contributed by atoms with van der Waals surface area (Å²) in [6.07, 6.45) is 13.9. The van der Waals surface area contributed by atoms with Crippen LogP contribution in [0.1, 0.15) is 187 Å². The summed E-state index contributed by atoms with van der Waals surface area (Å²) in [6, 6.07) is -0.819. The number of aliphatic hydroxyl groups excluding tert-OH is 8. The normalized spacial score (nSPS) is 28.4.